The minimum atomic E-state index is -3.07. The van der Waals surface area contributed by atoms with Crippen LogP contribution in [0.25, 0.3) is 0 Å². The zero-order valence-electron chi connectivity index (χ0n) is 12.1. The van der Waals surface area contributed by atoms with Crippen molar-refractivity contribution in [2.24, 2.45) is 7.05 Å². The highest BCUT2D eigenvalue weighted by Crippen LogP contribution is 2.09. The number of nitrogens with one attached hydrogen (secondary N) is 1. The lowest BCUT2D eigenvalue weighted by molar-refractivity contribution is 0.411. The number of nitrogens with zero attached hydrogens (tertiary/aromatic N) is 3. The first kappa shape index (κ1) is 16.1. The lowest BCUT2D eigenvalue weighted by Gasteiger charge is -2.19. The molecule has 1 N–H and O–H groups in total. The van der Waals surface area contributed by atoms with E-state index in [0.717, 1.165) is 18.7 Å². The van der Waals surface area contributed by atoms with Gasteiger partial charge in [-0.3, -0.25) is 4.68 Å². The van der Waals surface area contributed by atoms with Crippen LogP contribution in [0.1, 0.15) is 32.0 Å². The van der Waals surface area contributed by atoms with Gasteiger partial charge in [0.25, 0.3) is 0 Å². The molecule has 0 radical (unpaired) electrons. The van der Waals surface area contributed by atoms with E-state index < -0.39 is 10.0 Å². The first-order valence-electron chi connectivity index (χ1n) is 6.52. The topological polar surface area (TPSA) is 67.2 Å². The van der Waals surface area contributed by atoms with Crippen LogP contribution in [0, 0.1) is 0 Å². The minimum absolute atomic E-state index is 0.209. The van der Waals surface area contributed by atoms with E-state index in [2.05, 4.69) is 17.3 Å². The summed E-state index contributed by atoms with van der Waals surface area (Å²) in [5.74, 6) is 0. The highest BCUT2D eigenvalue weighted by Gasteiger charge is 2.14. The molecular weight excluding hydrogens is 264 g/mol. The second-order valence-corrected chi connectivity index (χ2v) is 6.65. The van der Waals surface area contributed by atoms with Gasteiger partial charge in [0.2, 0.25) is 10.0 Å². The van der Waals surface area contributed by atoms with E-state index in [9.17, 15) is 8.42 Å². The quantitative estimate of drug-likeness (QED) is 0.717. The van der Waals surface area contributed by atoms with Crippen molar-refractivity contribution >= 4 is 10.0 Å². The average molecular weight is 288 g/mol. The molecule has 110 valence electrons. The summed E-state index contributed by atoms with van der Waals surface area (Å²) in [5, 5.41) is 7.50. The maximum Gasteiger partial charge on any atom is 0.211 e. The fourth-order valence-electron chi connectivity index (χ4n) is 2.05. The van der Waals surface area contributed by atoms with Crippen LogP contribution in [0.2, 0.25) is 0 Å². The molecule has 0 saturated carbocycles. The molecule has 0 amide bonds. The van der Waals surface area contributed by atoms with Crippen LogP contribution in [0.5, 0.6) is 0 Å². The number of sulfonamides is 1. The van der Waals surface area contributed by atoms with Gasteiger partial charge in [-0.25, -0.2) is 12.7 Å². The average Bonchev–Trinajstić information content (AvgIpc) is 2.73. The van der Waals surface area contributed by atoms with Gasteiger partial charge >= 0.3 is 0 Å². The predicted molar refractivity (Wildman–Crippen MR) is 76.3 cm³/mol. The Morgan fingerprint density at radius 3 is 2.68 bits per heavy atom. The molecule has 7 heteroatoms. The molecule has 0 spiro atoms. The monoisotopic (exact) mass is 288 g/mol. The second kappa shape index (κ2) is 7.02. The summed E-state index contributed by atoms with van der Waals surface area (Å²) in [6, 6.07) is 2.19. The third kappa shape index (κ3) is 4.93. The Hall–Kier alpha value is -0.920. The molecule has 6 nitrogen and oxygen atoms in total. The van der Waals surface area contributed by atoms with E-state index in [-0.39, 0.29) is 6.04 Å². The van der Waals surface area contributed by atoms with Crippen molar-refractivity contribution in [2.45, 2.75) is 26.3 Å². The second-order valence-electron chi connectivity index (χ2n) is 4.66. The zero-order chi connectivity index (χ0) is 14.5. The molecule has 1 rings (SSSR count). The Morgan fingerprint density at radius 1 is 1.53 bits per heavy atom. The maximum atomic E-state index is 11.4. The highest BCUT2D eigenvalue weighted by molar-refractivity contribution is 7.88. The van der Waals surface area contributed by atoms with Crippen molar-refractivity contribution in [2.75, 3.05) is 25.9 Å². The Kier molecular flexibility index (Phi) is 5.96. The van der Waals surface area contributed by atoms with E-state index in [0.29, 0.717) is 13.1 Å². The van der Waals surface area contributed by atoms with Gasteiger partial charge in [-0.05, 0) is 26.0 Å². The van der Waals surface area contributed by atoms with Crippen molar-refractivity contribution in [3.05, 3.63) is 18.0 Å². The summed E-state index contributed by atoms with van der Waals surface area (Å²) in [4.78, 5) is 0. The van der Waals surface area contributed by atoms with Crippen LogP contribution in [0.15, 0.2) is 12.3 Å². The minimum Gasteiger partial charge on any atom is -0.309 e. The fraction of sp³-hybridized carbons (Fsp3) is 0.750. The lowest BCUT2D eigenvalue weighted by atomic mass is 10.2. The van der Waals surface area contributed by atoms with Gasteiger partial charge in [0.05, 0.1) is 11.9 Å². The summed E-state index contributed by atoms with van der Waals surface area (Å²) in [5.41, 5.74) is 1.12. The fourth-order valence-corrected chi connectivity index (χ4v) is 2.98. The van der Waals surface area contributed by atoms with Gasteiger partial charge in [-0.1, -0.05) is 6.92 Å². The first-order valence-corrected chi connectivity index (χ1v) is 8.37. The van der Waals surface area contributed by atoms with Crippen molar-refractivity contribution in [1.82, 2.24) is 19.4 Å². The van der Waals surface area contributed by atoms with E-state index in [1.807, 2.05) is 24.7 Å². The van der Waals surface area contributed by atoms with Crippen LogP contribution in [-0.4, -0.2) is 48.4 Å². The van der Waals surface area contributed by atoms with Gasteiger partial charge in [-0.2, -0.15) is 5.10 Å². The highest BCUT2D eigenvalue weighted by atomic mass is 32.2. The number of hydrogen-bond donors (Lipinski definition) is 1. The Labute approximate surface area is 115 Å². The Bertz CT molecular complexity index is 484. The number of aryl methyl sites for hydroxylation is 1. The Morgan fingerprint density at radius 2 is 2.21 bits per heavy atom. The molecule has 0 fully saturated rings. The van der Waals surface area contributed by atoms with Crippen LogP contribution in [0.3, 0.4) is 0 Å². The summed E-state index contributed by atoms with van der Waals surface area (Å²) in [7, 11) is -1.16. The molecule has 0 aromatic carbocycles. The molecular formula is C12H24N4O2S. The SMILES string of the molecule is CCN(CCCNC(C)c1ccnn1C)S(C)(=O)=O. The smallest absolute Gasteiger partial charge is 0.211 e. The normalized spacial score (nSPS) is 13.9. The van der Waals surface area contributed by atoms with E-state index in [4.69, 9.17) is 0 Å². The van der Waals surface area contributed by atoms with Crippen LogP contribution < -0.4 is 5.32 Å². The van der Waals surface area contributed by atoms with E-state index in [1.165, 1.54) is 10.6 Å². The molecule has 0 aliphatic carbocycles. The van der Waals surface area contributed by atoms with Gasteiger partial charge in [0, 0.05) is 32.4 Å². The van der Waals surface area contributed by atoms with Crippen molar-refractivity contribution < 1.29 is 8.42 Å². The van der Waals surface area contributed by atoms with Crippen LogP contribution in [0.4, 0.5) is 0 Å². The summed E-state index contributed by atoms with van der Waals surface area (Å²) < 4.78 is 26.2. The largest absolute Gasteiger partial charge is 0.309 e. The van der Waals surface area contributed by atoms with Crippen molar-refractivity contribution in [3.63, 3.8) is 0 Å². The molecule has 1 aromatic rings. The maximum absolute atomic E-state index is 11.4. The molecule has 0 bridgehead atoms. The van der Waals surface area contributed by atoms with Crippen molar-refractivity contribution in [1.29, 1.82) is 0 Å². The standard InChI is InChI=1S/C12H24N4O2S/c1-5-16(19(4,17)18)10-6-8-13-11(2)12-7-9-14-15(12)3/h7,9,11,13H,5-6,8,10H2,1-4H3. The number of hydrogen-bond acceptors (Lipinski definition) is 4. The van der Waals surface area contributed by atoms with Crippen LogP contribution >= 0.6 is 0 Å². The lowest BCUT2D eigenvalue weighted by Crippen LogP contribution is -2.33. The van der Waals surface area contributed by atoms with Gasteiger partial charge in [0.1, 0.15) is 0 Å². The molecule has 0 saturated heterocycles. The summed E-state index contributed by atoms with van der Waals surface area (Å²) >= 11 is 0. The van der Waals surface area contributed by atoms with Crippen LogP contribution in [-0.2, 0) is 17.1 Å². The predicted octanol–water partition coefficient (Wildman–Crippen LogP) is 0.742. The number of rotatable bonds is 8. The summed E-state index contributed by atoms with van der Waals surface area (Å²) in [6.07, 6.45) is 3.82. The molecule has 1 atom stereocenters. The van der Waals surface area contributed by atoms with Gasteiger partial charge in [0.15, 0.2) is 0 Å². The van der Waals surface area contributed by atoms with Gasteiger partial charge in [-0.15, -0.1) is 0 Å². The van der Waals surface area contributed by atoms with E-state index in [1.54, 1.807) is 6.20 Å². The first-order chi connectivity index (χ1) is 8.86. The van der Waals surface area contributed by atoms with E-state index >= 15 is 0 Å². The van der Waals surface area contributed by atoms with Crippen molar-refractivity contribution in [3.8, 4) is 0 Å². The zero-order valence-corrected chi connectivity index (χ0v) is 12.9. The third-order valence-electron chi connectivity index (χ3n) is 3.16. The van der Waals surface area contributed by atoms with Gasteiger partial charge < -0.3 is 5.32 Å². The molecule has 0 aliphatic heterocycles. The summed E-state index contributed by atoms with van der Waals surface area (Å²) in [6.45, 7) is 5.78. The molecule has 0 aliphatic rings. The number of aromatic nitrogens is 2. The third-order valence-corrected chi connectivity index (χ3v) is 4.54. The molecule has 1 heterocycles. The molecule has 1 aromatic heterocycles. The molecule has 1 unspecified atom stereocenters. The Balaban J connectivity index is 2.33. The molecule has 19 heavy (non-hydrogen) atoms.